The van der Waals surface area contributed by atoms with Gasteiger partial charge in [-0.15, -0.1) is 0 Å². The Morgan fingerprint density at radius 3 is 2.84 bits per heavy atom. The molecule has 0 atom stereocenters. The van der Waals surface area contributed by atoms with E-state index in [-0.39, 0.29) is 0 Å². The number of pyridine rings is 1. The minimum absolute atomic E-state index is 0.546. The molecular formula is C13H8BrN3OS. The first kappa shape index (κ1) is 12.3. The number of halogens is 1. The first-order valence-corrected chi connectivity index (χ1v) is 7.21. The standard InChI is InChI=1S/C13H8BrN3OS/c14-11-8-19-7-10(11)13-9(6-18)5-17(16-13)12-3-1-2-4-15-12/h1-8H. The molecule has 3 aromatic rings. The Kier molecular flexibility index (Phi) is 3.27. The van der Waals surface area contributed by atoms with Crippen LogP contribution in [-0.2, 0) is 0 Å². The van der Waals surface area contributed by atoms with Gasteiger partial charge in [0.25, 0.3) is 0 Å². The number of hydrogen-bond donors (Lipinski definition) is 0. The SMILES string of the molecule is O=Cc1cn(-c2ccccn2)nc1-c1cscc1Br. The lowest BCUT2D eigenvalue weighted by atomic mass is 10.2. The third-order valence-corrected chi connectivity index (χ3v) is 4.33. The summed E-state index contributed by atoms with van der Waals surface area (Å²) >= 11 is 5.02. The van der Waals surface area contributed by atoms with Crippen molar-refractivity contribution in [1.29, 1.82) is 0 Å². The lowest BCUT2D eigenvalue weighted by molar-refractivity contribution is 0.112. The molecule has 6 heteroatoms. The largest absolute Gasteiger partial charge is 0.298 e. The van der Waals surface area contributed by atoms with Crippen LogP contribution in [0.2, 0.25) is 0 Å². The van der Waals surface area contributed by atoms with E-state index < -0.39 is 0 Å². The second kappa shape index (κ2) is 5.07. The van der Waals surface area contributed by atoms with Crippen LogP contribution in [0.15, 0.2) is 45.8 Å². The number of rotatable bonds is 3. The maximum Gasteiger partial charge on any atom is 0.153 e. The minimum atomic E-state index is 0.546. The molecule has 0 spiro atoms. The van der Waals surface area contributed by atoms with E-state index in [1.54, 1.807) is 28.4 Å². The Bertz CT molecular complexity index is 721. The van der Waals surface area contributed by atoms with Crippen LogP contribution in [0.5, 0.6) is 0 Å². The van der Waals surface area contributed by atoms with Crippen molar-refractivity contribution in [2.75, 3.05) is 0 Å². The monoisotopic (exact) mass is 333 g/mol. The van der Waals surface area contributed by atoms with Gasteiger partial charge in [0.05, 0.1) is 5.56 Å². The molecule has 0 amide bonds. The maximum absolute atomic E-state index is 11.2. The van der Waals surface area contributed by atoms with Crippen molar-refractivity contribution >= 4 is 33.6 Å². The van der Waals surface area contributed by atoms with E-state index in [0.29, 0.717) is 17.1 Å². The molecule has 3 rings (SSSR count). The smallest absolute Gasteiger partial charge is 0.153 e. The van der Waals surface area contributed by atoms with Crippen LogP contribution in [0.1, 0.15) is 10.4 Å². The zero-order valence-electron chi connectivity index (χ0n) is 9.65. The van der Waals surface area contributed by atoms with Gasteiger partial charge in [-0.25, -0.2) is 9.67 Å². The molecule has 4 nitrogen and oxygen atoms in total. The van der Waals surface area contributed by atoms with Crippen LogP contribution in [0.4, 0.5) is 0 Å². The highest BCUT2D eigenvalue weighted by Gasteiger charge is 2.15. The zero-order chi connectivity index (χ0) is 13.2. The first-order chi connectivity index (χ1) is 9.29. The third kappa shape index (κ3) is 2.24. The van der Waals surface area contributed by atoms with E-state index in [0.717, 1.165) is 16.3 Å². The minimum Gasteiger partial charge on any atom is -0.298 e. The Morgan fingerprint density at radius 2 is 2.21 bits per heavy atom. The average Bonchev–Trinajstić information content (AvgIpc) is 3.05. The molecule has 0 saturated heterocycles. The van der Waals surface area contributed by atoms with Gasteiger partial charge >= 0.3 is 0 Å². The van der Waals surface area contributed by atoms with E-state index >= 15 is 0 Å². The molecule has 0 fully saturated rings. The van der Waals surface area contributed by atoms with E-state index in [2.05, 4.69) is 26.0 Å². The van der Waals surface area contributed by atoms with Gasteiger partial charge in [-0.2, -0.15) is 16.4 Å². The van der Waals surface area contributed by atoms with Gasteiger partial charge in [-0.05, 0) is 28.1 Å². The molecule has 19 heavy (non-hydrogen) atoms. The summed E-state index contributed by atoms with van der Waals surface area (Å²) in [4.78, 5) is 15.4. The van der Waals surface area contributed by atoms with Crippen molar-refractivity contribution in [2.24, 2.45) is 0 Å². The lowest BCUT2D eigenvalue weighted by Crippen LogP contribution is -1.96. The number of thiophene rings is 1. The molecular weight excluding hydrogens is 326 g/mol. The van der Waals surface area contributed by atoms with Gasteiger partial charge in [-0.1, -0.05) is 6.07 Å². The molecule has 0 saturated carbocycles. The summed E-state index contributed by atoms with van der Waals surface area (Å²) in [7, 11) is 0. The second-order valence-electron chi connectivity index (χ2n) is 3.82. The predicted molar refractivity (Wildman–Crippen MR) is 77.8 cm³/mol. The predicted octanol–water partition coefficient (Wildman–Crippen LogP) is 3.57. The Balaban J connectivity index is 2.15. The number of nitrogens with zero attached hydrogens (tertiary/aromatic N) is 3. The third-order valence-electron chi connectivity index (χ3n) is 2.62. The number of hydrogen-bond acceptors (Lipinski definition) is 4. The molecule has 0 aliphatic carbocycles. The molecule has 0 aliphatic rings. The van der Waals surface area contributed by atoms with Crippen LogP contribution in [-0.4, -0.2) is 21.1 Å². The molecule has 3 heterocycles. The normalized spacial score (nSPS) is 10.6. The Hall–Kier alpha value is -1.79. The van der Waals surface area contributed by atoms with Gasteiger partial charge in [0, 0.05) is 33.2 Å². The van der Waals surface area contributed by atoms with Crippen LogP contribution < -0.4 is 0 Å². The average molecular weight is 334 g/mol. The number of carbonyl (C=O) groups excluding carboxylic acids is 1. The van der Waals surface area contributed by atoms with Crippen molar-refractivity contribution in [1.82, 2.24) is 14.8 Å². The number of aromatic nitrogens is 3. The van der Waals surface area contributed by atoms with Gasteiger partial charge in [0.1, 0.15) is 5.69 Å². The van der Waals surface area contributed by atoms with E-state index in [9.17, 15) is 4.79 Å². The highest BCUT2D eigenvalue weighted by Crippen LogP contribution is 2.32. The fourth-order valence-corrected chi connectivity index (χ4v) is 3.21. The van der Waals surface area contributed by atoms with Gasteiger partial charge in [-0.3, -0.25) is 4.79 Å². The fraction of sp³-hybridized carbons (Fsp3) is 0. The summed E-state index contributed by atoms with van der Waals surface area (Å²) in [6.07, 6.45) is 4.19. The van der Waals surface area contributed by atoms with E-state index in [4.69, 9.17) is 0 Å². The highest BCUT2D eigenvalue weighted by atomic mass is 79.9. The fourth-order valence-electron chi connectivity index (χ4n) is 1.74. The number of carbonyl (C=O) groups is 1. The van der Waals surface area contributed by atoms with Gasteiger partial charge in [0.2, 0.25) is 0 Å². The van der Waals surface area contributed by atoms with E-state index in [1.165, 1.54) is 0 Å². The molecule has 0 aromatic carbocycles. The molecule has 0 radical (unpaired) electrons. The van der Waals surface area contributed by atoms with E-state index in [1.807, 2.05) is 29.0 Å². The van der Waals surface area contributed by atoms with Crippen molar-refractivity contribution in [3.8, 4) is 17.1 Å². The maximum atomic E-state index is 11.2. The summed E-state index contributed by atoms with van der Waals surface area (Å²) in [6.45, 7) is 0. The van der Waals surface area contributed by atoms with Gasteiger partial charge < -0.3 is 0 Å². The molecule has 3 aromatic heterocycles. The van der Waals surface area contributed by atoms with Crippen molar-refractivity contribution < 1.29 is 4.79 Å². The molecule has 0 bridgehead atoms. The molecule has 0 aliphatic heterocycles. The summed E-state index contributed by atoms with van der Waals surface area (Å²) in [5.41, 5.74) is 2.13. The zero-order valence-corrected chi connectivity index (χ0v) is 12.1. The topological polar surface area (TPSA) is 47.8 Å². The Morgan fingerprint density at radius 1 is 1.32 bits per heavy atom. The van der Waals surface area contributed by atoms with Crippen molar-refractivity contribution in [3.63, 3.8) is 0 Å². The van der Waals surface area contributed by atoms with Crippen LogP contribution in [0, 0.1) is 0 Å². The van der Waals surface area contributed by atoms with Crippen LogP contribution >= 0.6 is 27.3 Å². The highest BCUT2D eigenvalue weighted by molar-refractivity contribution is 9.10. The number of aldehydes is 1. The summed E-state index contributed by atoms with van der Waals surface area (Å²) in [5.74, 6) is 0.684. The van der Waals surface area contributed by atoms with Crippen molar-refractivity contribution in [3.05, 3.63) is 51.4 Å². The molecule has 94 valence electrons. The molecule has 0 unspecified atom stereocenters. The second-order valence-corrected chi connectivity index (χ2v) is 5.41. The lowest BCUT2D eigenvalue weighted by Gasteiger charge is -1.98. The first-order valence-electron chi connectivity index (χ1n) is 5.48. The van der Waals surface area contributed by atoms with Gasteiger partial charge in [0.15, 0.2) is 12.1 Å². The van der Waals surface area contributed by atoms with Crippen LogP contribution in [0.3, 0.4) is 0 Å². The van der Waals surface area contributed by atoms with Crippen LogP contribution in [0.25, 0.3) is 17.1 Å². The molecule has 0 N–H and O–H groups in total. The summed E-state index contributed by atoms with van der Waals surface area (Å²) in [5, 5.41) is 8.38. The van der Waals surface area contributed by atoms with Crippen molar-refractivity contribution in [2.45, 2.75) is 0 Å². The Labute approximate surface area is 121 Å². The summed E-state index contributed by atoms with van der Waals surface area (Å²) < 4.78 is 2.55. The summed E-state index contributed by atoms with van der Waals surface area (Å²) in [6, 6.07) is 5.56. The quantitative estimate of drug-likeness (QED) is 0.688.